The lowest BCUT2D eigenvalue weighted by atomic mass is 10.2. The highest BCUT2D eigenvalue weighted by molar-refractivity contribution is 9.10. The van der Waals surface area contributed by atoms with Crippen LogP contribution in [0.15, 0.2) is 39.4 Å². The number of ether oxygens (including phenoxy) is 1. The number of non-ortho nitro benzene ring substituents is 1. The van der Waals surface area contributed by atoms with Crippen LogP contribution in [0.4, 0.5) is 11.4 Å². The first-order chi connectivity index (χ1) is 10.9. The summed E-state index contributed by atoms with van der Waals surface area (Å²) < 4.78 is 10.6. The number of methoxy groups -OCH3 is 1. The van der Waals surface area contributed by atoms with E-state index in [9.17, 15) is 14.9 Å². The van der Waals surface area contributed by atoms with E-state index >= 15 is 0 Å². The van der Waals surface area contributed by atoms with E-state index in [1.165, 1.54) is 31.4 Å². The number of anilines is 1. The average molecular weight is 400 g/mol. The van der Waals surface area contributed by atoms with Crippen molar-refractivity contribution in [2.45, 2.75) is 0 Å². The largest absolute Gasteiger partial charge is 0.495 e. The van der Waals surface area contributed by atoms with Crippen molar-refractivity contribution in [3.8, 4) is 5.75 Å². The SMILES string of the molecule is COc1ccc([N+](=O)[O-])cc1NC(=S)NC(=O)c1ccc(Br)o1. The third-order valence-corrected chi connectivity index (χ3v) is 3.30. The maximum absolute atomic E-state index is 11.9. The molecule has 0 aliphatic carbocycles. The third kappa shape index (κ3) is 4.27. The van der Waals surface area contributed by atoms with Crippen molar-refractivity contribution in [2.75, 3.05) is 12.4 Å². The maximum Gasteiger partial charge on any atom is 0.293 e. The predicted molar refractivity (Wildman–Crippen MR) is 89.7 cm³/mol. The van der Waals surface area contributed by atoms with E-state index in [1.54, 1.807) is 6.07 Å². The number of benzene rings is 1. The van der Waals surface area contributed by atoms with Gasteiger partial charge >= 0.3 is 0 Å². The molecule has 0 saturated heterocycles. The van der Waals surface area contributed by atoms with Crippen LogP contribution in [0.5, 0.6) is 5.75 Å². The first-order valence-corrected chi connectivity index (χ1v) is 7.31. The van der Waals surface area contributed by atoms with Gasteiger partial charge in [-0.05, 0) is 46.3 Å². The zero-order valence-corrected chi connectivity index (χ0v) is 14.1. The molecule has 120 valence electrons. The highest BCUT2D eigenvalue weighted by atomic mass is 79.9. The topological polar surface area (TPSA) is 107 Å². The molecule has 0 aliphatic rings. The number of nitro benzene ring substituents is 1. The Bertz CT molecular complexity index is 777. The molecular formula is C13H10BrN3O5S. The van der Waals surface area contributed by atoms with E-state index in [1.807, 2.05) is 0 Å². The molecule has 23 heavy (non-hydrogen) atoms. The molecule has 0 saturated carbocycles. The number of thiocarbonyl (C=S) groups is 1. The number of rotatable bonds is 4. The summed E-state index contributed by atoms with van der Waals surface area (Å²) in [6, 6.07) is 7.01. The van der Waals surface area contributed by atoms with Gasteiger partial charge in [0.25, 0.3) is 11.6 Å². The van der Waals surface area contributed by atoms with Gasteiger partial charge in [-0.1, -0.05) is 0 Å². The Kier molecular flexibility index (Phi) is 5.29. The number of hydrogen-bond donors (Lipinski definition) is 2. The molecule has 2 aromatic rings. The van der Waals surface area contributed by atoms with E-state index in [-0.39, 0.29) is 22.2 Å². The van der Waals surface area contributed by atoms with Crippen LogP contribution < -0.4 is 15.4 Å². The first kappa shape index (κ1) is 16.9. The quantitative estimate of drug-likeness (QED) is 0.462. The number of nitrogens with zero attached hydrogens (tertiary/aromatic N) is 1. The molecule has 0 fully saturated rings. The highest BCUT2D eigenvalue weighted by Gasteiger charge is 2.15. The van der Waals surface area contributed by atoms with Crippen LogP contribution in [0.3, 0.4) is 0 Å². The number of furan rings is 1. The van der Waals surface area contributed by atoms with Crippen LogP contribution in [0.25, 0.3) is 0 Å². The van der Waals surface area contributed by atoms with Gasteiger partial charge in [0.2, 0.25) is 0 Å². The summed E-state index contributed by atoms with van der Waals surface area (Å²) in [5, 5.41) is 15.8. The van der Waals surface area contributed by atoms with Gasteiger partial charge in [-0.2, -0.15) is 0 Å². The first-order valence-electron chi connectivity index (χ1n) is 6.11. The summed E-state index contributed by atoms with van der Waals surface area (Å²) in [4.78, 5) is 22.2. The van der Waals surface area contributed by atoms with E-state index < -0.39 is 10.8 Å². The minimum absolute atomic E-state index is 0.0543. The predicted octanol–water partition coefficient (Wildman–Crippen LogP) is 3.09. The summed E-state index contributed by atoms with van der Waals surface area (Å²) >= 11 is 8.10. The smallest absolute Gasteiger partial charge is 0.293 e. The zero-order valence-electron chi connectivity index (χ0n) is 11.7. The van der Waals surface area contributed by atoms with E-state index in [0.29, 0.717) is 10.4 Å². The molecule has 0 aliphatic heterocycles. The number of carbonyl (C=O) groups excluding carboxylic acids is 1. The minimum Gasteiger partial charge on any atom is -0.495 e. The monoisotopic (exact) mass is 399 g/mol. The van der Waals surface area contributed by atoms with E-state index in [4.69, 9.17) is 21.4 Å². The van der Waals surface area contributed by atoms with Gasteiger partial charge < -0.3 is 14.5 Å². The molecule has 8 nitrogen and oxygen atoms in total. The summed E-state index contributed by atoms with van der Waals surface area (Å²) in [6.07, 6.45) is 0. The van der Waals surface area contributed by atoms with E-state index in [2.05, 4.69) is 26.6 Å². The lowest BCUT2D eigenvalue weighted by Crippen LogP contribution is -2.34. The molecule has 10 heteroatoms. The molecule has 1 amide bonds. The van der Waals surface area contributed by atoms with Gasteiger partial charge in [-0.15, -0.1) is 0 Å². The summed E-state index contributed by atoms with van der Waals surface area (Å²) in [6.45, 7) is 0. The number of halogens is 1. The Morgan fingerprint density at radius 1 is 1.39 bits per heavy atom. The summed E-state index contributed by atoms with van der Waals surface area (Å²) in [5.74, 6) is -0.155. The van der Waals surface area contributed by atoms with Gasteiger partial charge in [-0.25, -0.2) is 0 Å². The highest BCUT2D eigenvalue weighted by Crippen LogP contribution is 2.28. The third-order valence-electron chi connectivity index (χ3n) is 2.67. The number of nitrogens with one attached hydrogen (secondary N) is 2. The molecule has 2 N–H and O–H groups in total. The molecule has 1 heterocycles. The van der Waals surface area contributed by atoms with Crippen molar-refractivity contribution in [1.82, 2.24) is 5.32 Å². The number of nitro groups is 1. The van der Waals surface area contributed by atoms with Gasteiger partial charge in [0.05, 0.1) is 17.7 Å². The fourth-order valence-electron chi connectivity index (χ4n) is 1.66. The Morgan fingerprint density at radius 3 is 2.70 bits per heavy atom. The van der Waals surface area contributed by atoms with Crippen LogP contribution in [0.1, 0.15) is 10.6 Å². The zero-order chi connectivity index (χ0) is 17.0. The Labute approximate surface area is 144 Å². The van der Waals surface area contributed by atoms with Crippen molar-refractivity contribution in [3.63, 3.8) is 0 Å². The molecule has 1 aromatic carbocycles. The second-order valence-corrected chi connectivity index (χ2v) is 5.34. The lowest BCUT2D eigenvalue weighted by molar-refractivity contribution is -0.384. The maximum atomic E-state index is 11.9. The normalized spacial score (nSPS) is 10.0. The number of amides is 1. The molecule has 0 unspecified atom stereocenters. The average Bonchev–Trinajstić information content (AvgIpc) is 2.93. The van der Waals surface area contributed by atoms with Crippen LogP contribution in [-0.2, 0) is 0 Å². The molecule has 0 bridgehead atoms. The Hall–Kier alpha value is -2.46. The van der Waals surface area contributed by atoms with Crippen LogP contribution >= 0.6 is 28.1 Å². The molecule has 0 atom stereocenters. The van der Waals surface area contributed by atoms with Gasteiger partial charge in [0.15, 0.2) is 15.5 Å². The second-order valence-electron chi connectivity index (χ2n) is 4.15. The van der Waals surface area contributed by atoms with Crippen molar-refractivity contribution in [3.05, 3.63) is 50.9 Å². The van der Waals surface area contributed by atoms with Crippen molar-refractivity contribution < 1.29 is 18.9 Å². The van der Waals surface area contributed by atoms with Gasteiger partial charge in [-0.3, -0.25) is 20.2 Å². The standard InChI is InChI=1S/C13H10BrN3O5S/c1-21-9-3-2-7(17(19)20)6-8(9)15-13(23)16-12(18)10-4-5-11(14)22-10/h2-6H,1H3,(H2,15,16,18,23). The van der Waals surface area contributed by atoms with E-state index in [0.717, 1.165) is 0 Å². The number of carbonyl (C=O) groups is 1. The molecule has 2 rings (SSSR count). The van der Waals surface area contributed by atoms with Crippen LogP contribution in [0, 0.1) is 10.1 Å². The van der Waals surface area contributed by atoms with Crippen LogP contribution in [-0.4, -0.2) is 23.1 Å². The second kappa shape index (κ2) is 7.20. The number of hydrogen-bond acceptors (Lipinski definition) is 6. The van der Waals surface area contributed by atoms with Crippen molar-refractivity contribution in [1.29, 1.82) is 0 Å². The molecular weight excluding hydrogens is 390 g/mol. The summed E-state index contributed by atoms with van der Waals surface area (Å²) in [7, 11) is 1.41. The van der Waals surface area contributed by atoms with Crippen LogP contribution in [0.2, 0.25) is 0 Å². The molecule has 0 spiro atoms. The Morgan fingerprint density at radius 2 is 2.13 bits per heavy atom. The van der Waals surface area contributed by atoms with Gasteiger partial charge in [0, 0.05) is 12.1 Å². The fourth-order valence-corrected chi connectivity index (χ4v) is 2.17. The summed E-state index contributed by atoms with van der Waals surface area (Å²) in [5.41, 5.74) is 0.116. The Balaban J connectivity index is 2.11. The van der Waals surface area contributed by atoms with Crippen molar-refractivity contribution >= 4 is 50.5 Å². The minimum atomic E-state index is -0.558. The molecule has 1 aromatic heterocycles. The lowest BCUT2D eigenvalue weighted by Gasteiger charge is -2.12. The van der Waals surface area contributed by atoms with Gasteiger partial charge in [0.1, 0.15) is 5.75 Å². The fraction of sp³-hybridized carbons (Fsp3) is 0.0769. The van der Waals surface area contributed by atoms with Crippen molar-refractivity contribution in [2.24, 2.45) is 0 Å². The molecule has 0 radical (unpaired) electrons.